The minimum Gasteiger partial charge on any atom is -0.378 e. The van der Waals surface area contributed by atoms with Crippen LogP contribution in [-0.2, 0) is 23.8 Å². The summed E-state index contributed by atoms with van der Waals surface area (Å²) in [7, 11) is 1.86. The van der Waals surface area contributed by atoms with Crippen molar-refractivity contribution >= 4 is 11.7 Å². The molecule has 0 aliphatic rings. The summed E-state index contributed by atoms with van der Waals surface area (Å²) in [5, 5.41) is 5.59. The van der Waals surface area contributed by atoms with E-state index in [1.165, 1.54) is 6.92 Å². The molecule has 0 aromatic carbocycles. The highest BCUT2D eigenvalue weighted by Crippen LogP contribution is 1.80. The van der Waals surface area contributed by atoms with Gasteiger partial charge in [-0.05, 0) is 14.0 Å². The number of Topliss-reactive ketones (excluding diaryl/α,β-unsaturated/α-hetero) is 1. The molecular weight excluding hydrogens is 252 g/mol. The van der Waals surface area contributed by atoms with Crippen LogP contribution in [0.3, 0.4) is 0 Å². The first kappa shape index (κ1) is 18.0. The van der Waals surface area contributed by atoms with Crippen LogP contribution in [0.25, 0.3) is 0 Å². The highest BCUT2D eigenvalue weighted by atomic mass is 16.5. The third-order valence-corrected chi connectivity index (χ3v) is 1.98. The summed E-state index contributed by atoms with van der Waals surface area (Å²) in [5.74, 6) is -0.357. The monoisotopic (exact) mass is 276 g/mol. The van der Waals surface area contributed by atoms with Crippen molar-refractivity contribution in [2.75, 3.05) is 59.8 Å². The fourth-order valence-electron chi connectivity index (χ4n) is 1.10. The van der Waals surface area contributed by atoms with Gasteiger partial charge >= 0.3 is 0 Å². The second kappa shape index (κ2) is 13.4. The molecule has 0 radical (unpaired) electrons. The van der Waals surface area contributed by atoms with Gasteiger partial charge < -0.3 is 24.8 Å². The van der Waals surface area contributed by atoms with Crippen LogP contribution in [0.15, 0.2) is 0 Å². The van der Waals surface area contributed by atoms with Gasteiger partial charge in [0.2, 0.25) is 5.91 Å². The summed E-state index contributed by atoms with van der Waals surface area (Å²) in [4.78, 5) is 21.8. The summed E-state index contributed by atoms with van der Waals surface area (Å²) < 4.78 is 15.4. The standard InChI is InChI=1S/C12H24N2O5/c1-11(15)9-19-10-12(16)14-4-6-18-8-7-17-5-3-13-2/h13H,3-10H2,1-2H3,(H,14,16). The maximum absolute atomic E-state index is 11.2. The summed E-state index contributed by atoms with van der Waals surface area (Å²) in [6.07, 6.45) is 0. The first-order valence-corrected chi connectivity index (χ1v) is 6.30. The summed E-state index contributed by atoms with van der Waals surface area (Å²) in [6.45, 7) is 4.62. The average molecular weight is 276 g/mol. The molecule has 7 heteroatoms. The van der Waals surface area contributed by atoms with E-state index >= 15 is 0 Å². The number of hydrogen-bond acceptors (Lipinski definition) is 6. The molecule has 0 unspecified atom stereocenters. The second-order valence-corrected chi connectivity index (χ2v) is 3.87. The molecule has 112 valence electrons. The molecular formula is C12H24N2O5. The normalized spacial score (nSPS) is 10.4. The number of ether oxygens (including phenoxy) is 3. The van der Waals surface area contributed by atoms with Crippen LogP contribution < -0.4 is 10.6 Å². The number of amides is 1. The number of carbonyl (C=O) groups is 2. The van der Waals surface area contributed by atoms with E-state index in [9.17, 15) is 9.59 Å². The maximum Gasteiger partial charge on any atom is 0.246 e. The van der Waals surface area contributed by atoms with E-state index in [1.807, 2.05) is 7.05 Å². The lowest BCUT2D eigenvalue weighted by Crippen LogP contribution is -2.31. The van der Waals surface area contributed by atoms with Crippen molar-refractivity contribution in [3.63, 3.8) is 0 Å². The Bertz CT molecular complexity index is 248. The van der Waals surface area contributed by atoms with Crippen molar-refractivity contribution in [1.82, 2.24) is 10.6 Å². The third kappa shape index (κ3) is 14.9. The Labute approximate surface area is 114 Å². The minimum atomic E-state index is -0.255. The van der Waals surface area contributed by atoms with Crippen molar-refractivity contribution < 1.29 is 23.8 Å². The van der Waals surface area contributed by atoms with Gasteiger partial charge in [-0.1, -0.05) is 0 Å². The van der Waals surface area contributed by atoms with E-state index in [2.05, 4.69) is 10.6 Å². The van der Waals surface area contributed by atoms with Gasteiger partial charge in [-0.25, -0.2) is 0 Å². The Hall–Kier alpha value is -1.02. The molecule has 0 fully saturated rings. The van der Waals surface area contributed by atoms with Gasteiger partial charge in [-0.15, -0.1) is 0 Å². The smallest absolute Gasteiger partial charge is 0.246 e. The van der Waals surface area contributed by atoms with Crippen LogP contribution in [0.1, 0.15) is 6.92 Å². The molecule has 0 aliphatic carbocycles. The number of ketones is 1. The topological polar surface area (TPSA) is 85.9 Å². The van der Waals surface area contributed by atoms with E-state index in [0.717, 1.165) is 6.54 Å². The summed E-state index contributed by atoms with van der Waals surface area (Å²) >= 11 is 0. The third-order valence-electron chi connectivity index (χ3n) is 1.98. The predicted molar refractivity (Wildman–Crippen MR) is 70.1 cm³/mol. The molecule has 0 rings (SSSR count). The van der Waals surface area contributed by atoms with Gasteiger partial charge in [-0.3, -0.25) is 9.59 Å². The van der Waals surface area contributed by atoms with Gasteiger partial charge in [0.15, 0.2) is 5.78 Å². The van der Waals surface area contributed by atoms with Crippen LogP contribution in [-0.4, -0.2) is 71.5 Å². The van der Waals surface area contributed by atoms with Gasteiger partial charge in [0.05, 0.1) is 26.4 Å². The van der Waals surface area contributed by atoms with E-state index in [1.54, 1.807) is 0 Å². The average Bonchev–Trinajstić information content (AvgIpc) is 2.36. The molecule has 0 aromatic rings. The predicted octanol–water partition coefficient (Wildman–Crippen LogP) is -1.04. The van der Waals surface area contributed by atoms with Crippen LogP contribution in [0.5, 0.6) is 0 Å². The molecule has 2 N–H and O–H groups in total. The number of rotatable bonds is 13. The lowest BCUT2D eigenvalue weighted by molar-refractivity contribution is -0.129. The SMILES string of the molecule is CNCCOCCOCCNC(=O)COCC(C)=O. The van der Waals surface area contributed by atoms with Crippen molar-refractivity contribution in [2.24, 2.45) is 0 Å². The molecule has 0 aromatic heterocycles. The largest absolute Gasteiger partial charge is 0.378 e. The lowest BCUT2D eigenvalue weighted by Gasteiger charge is -2.07. The zero-order valence-corrected chi connectivity index (χ0v) is 11.7. The summed E-state index contributed by atoms with van der Waals surface area (Å²) in [5.41, 5.74) is 0. The molecule has 19 heavy (non-hydrogen) atoms. The molecule has 0 heterocycles. The number of likely N-dealkylation sites (N-methyl/N-ethyl adjacent to an activating group) is 1. The van der Waals surface area contributed by atoms with Gasteiger partial charge in [0.1, 0.15) is 13.2 Å². The van der Waals surface area contributed by atoms with Crippen LogP contribution in [0.2, 0.25) is 0 Å². The fraction of sp³-hybridized carbons (Fsp3) is 0.833. The van der Waals surface area contributed by atoms with E-state index in [4.69, 9.17) is 14.2 Å². The molecule has 0 saturated heterocycles. The first-order chi connectivity index (χ1) is 9.16. The Morgan fingerprint density at radius 3 is 2.11 bits per heavy atom. The second-order valence-electron chi connectivity index (χ2n) is 3.87. The number of nitrogens with one attached hydrogen (secondary N) is 2. The molecule has 0 atom stereocenters. The molecule has 0 saturated carbocycles. The van der Waals surface area contributed by atoms with Crippen LogP contribution in [0.4, 0.5) is 0 Å². The Balaban J connectivity index is 3.16. The Morgan fingerprint density at radius 2 is 1.53 bits per heavy atom. The van der Waals surface area contributed by atoms with Crippen molar-refractivity contribution in [3.8, 4) is 0 Å². The van der Waals surface area contributed by atoms with Crippen molar-refractivity contribution in [3.05, 3.63) is 0 Å². The number of hydrogen-bond donors (Lipinski definition) is 2. The first-order valence-electron chi connectivity index (χ1n) is 6.30. The lowest BCUT2D eigenvalue weighted by atomic mass is 10.5. The van der Waals surface area contributed by atoms with E-state index < -0.39 is 0 Å². The van der Waals surface area contributed by atoms with Crippen molar-refractivity contribution in [2.45, 2.75) is 6.92 Å². The van der Waals surface area contributed by atoms with Crippen molar-refractivity contribution in [1.29, 1.82) is 0 Å². The highest BCUT2D eigenvalue weighted by molar-refractivity contribution is 5.79. The van der Waals surface area contributed by atoms with Gasteiger partial charge in [0.25, 0.3) is 0 Å². The number of carbonyl (C=O) groups excluding carboxylic acids is 2. The maximum atomic E-state index is 11.2. The summed E-state index contributed by atoms with van der Waals surface area (Å²) in [6, 6.07) is 0. The Kier molecular flexibility index (Phi) is 12.7. The van der Waals surface area contributed by atoms with Gasteiger partial charge in [-0.2, -0.15) is 0 Å². The van der Waals surface area contributed by atoms with E-state index in [0.29, 0.717) is 33.0 Å². The zero-order chi connectivity index (χ0) is 14.3. The Morgan fingerprint density at radius 1 is 0.895 bits per heavy atom. The zero-order valence-electron chi connectivity index (χ0n) is 11.7. The molecule has 7 nitrogen and oxygen atoms in total. The van der Waals surface area contributed by atoms with Gasteiger partial charge in [0, 0.05) is 13.1 Å². The quantitative estimate of drug-likeness (QED) is 0.418. The van der Waals surface area contributed by atoms with E-state index in [-0.39, 0.29) is 24.9 Å². The van der Waals surface area contributed by atoms with Crippen LogP contribution in [0, 0.1) is 0 Å². The van der Waals surface area contributed by atoms with Crippen LogP contribution >= 0.6 is 0 Å². The highest BCUT2D eigenvalue weighted by Gasteiger charge is 2.01. The molecule has 0 aliphatic heterocycles. The molecule has 1 amide bonds. The fourth-order valence-corrected chi connectivity index (χ4v) is 1.10. The minimum absolute atomic E-state index is 0.0339. The molecule has 0 spiro atoms. The molecule has 0 bridgehead atoms.